The van der Waals surface area contributed by atoms with Gasteiger partial charge in [0.1, 0.15) is 0 Å². The smallest absolute Gasteiger partial charge is 0.0618 e. The Kier molecular flexibility index (Phi) is 7.36. The van der Waals surface area contributed by atoms with Gasteiger partial charge in [0, 0.05) is 87.5 Å². The summed E-state index contributed by atoms with van der Waals surface area (Å²) in [5, 5.41) is 13.1. The van der Waals surface area contributed by atoms with Gasteiger partial charge in [-0.3, -0.25) is 0 Å². The van der Waals surface area contributed by atoms with Gasteiger partial charge < -0.3 is 17.9 Å². The Morgan fingerprint density at radius 2 is 0.750 bits per heavy atom. The van der Waals surface area contributed by atoms with Crippen molar-refractivity contribution in [3.63, 3.8) is 0 Å². The molecule has 6 aromatic heterocycles. The molecule has 0 aliphatic heterocycles. The molecule has 0 spiro atoms. The summed E-state index contributed by atoms with van der Waals surface area (Å²) in [7, 11) is 0. The summed E-state index contributed by atoms with van der Waals surface area (Å²) in [5.74, 6) is 0.950. The molecule has 0 fully saturated rings. The van der Waals surface area contributed by atoms with Gasteiger partial charge in [0.2, 0.25) is 0 Å². The Morgan fingerprint density at radius 1 is 0.359 bits per heavy atom. The maximum absolute atomic E-state index is 2.63. The highest BCUT2D eigenvalue weighted by molar-refractivity contribution is 6.37. The van der Waals surface area contributed by atoms with Crippen molar-refractivity contribution in [1.29, 1.82) is 0 Å². The minimum atomic E-state index is -0.0900. The van der Waals surface area contributed by atoms with Crippen molar-refractivity contribution < 1.29 is 0 Å². The molecule has 64 heavy (non-hydrogen) atoms. The molecule has 0 atom stereocenters. The van der Waals surface area contributed by atoms with Crippen LogP contribution < -0.4 is 0 Å². The SMILES string of the molecule is CC(C)c1ccc(-n2c3ccccc3c3c4c5cc6c7c8c9ccccc9n(-c9ccc(C(C)C)cc9)c8cc8cc(C(C)(C)C)n(c6cc5n5c(C(C)(C)C)cc(cc32)c45)c87)cc1. The van der Waals surface area contributed by atoms with Gasteiger partial charge >= 0.3 is 0 Å². The Hall–Kier alpha value is -6.78. The number of fused-ring (bicyclic) bond motifs is 14. The highest BCUT2D eigenvalue weighted by atomic mass is 15.0. The highest BCUT2D eigenvalue weighted by Gasteiger charge is 2.31. The molecule has 0 bridgehead atoms. The Balaban J connectivity index is 1.25. The van der Waals surface area contributed by atoms with Crippen LogP contribution in [0.2, 0.25) is 0 Å². The number of rotatable bonds is 4. The average Bonchev–Trinajstić information content (AvgIpc) is 4.11. The summed E-state index contributed by atoms with van der Waals surface area (Å²) in [5.41, 5.74) is 17.8. The van der Waals surface area contributed by atoms with Crippen molar-refractivity contribution in [1.82, 2.24) is 17.9 Å². The molecule has 13 rings (SSSR count). The first-order valence-electron chi connectivity index (χ1n) is 23.3. The summed E-state index contributed by atoms with van der Waals surface area (Å²) in [4.78, 5) is 0. The molecule has 6 heterocycles. The standard InChI is InChI=1S/C60H54N4/c1-33(2)35-19-23-39(24-20-35)61-45-17-13-11-15-41(45)53-49(61)27-37-29-51(59(5,6)7)63-47-32-48-44(31-43(47)55(53)57(37)63)56-54-42-16-12-14-18-46(42)62(40-25-21-36(22-26-40)34(3)4)50(54)28-38-30-52(60(8,9)10)64(48)58(38)56/h11-34H,1-10H3. The van der Waals surface area contributed by atoms with E-state index in [0.29, 0.717) is 11.8 Å². The Labute approximate surface area is 373 Å². The maximum atomic E-state index is 2.63. The van der Waals surface area contributed by atoms with Crippen LogP contribution in [0.4, 0.5) is 0 Å². The summed E-state index contributed by atoms with van der Waals surface area (Å²) in [6.07, 6.45) is 0. The third-order valence-electron chi connectivity index (χ3n) is 14.7. The first-order valence-corrected chi connectivity index (χ1v) is 23.3. The van der Waals surface area contributed by atoms with E-state index < -0.39 is 0 Å². The molecule has 0 saturated heterocycles. The lowest BCUT2D eigenvalue weighted by atomic mass is 9.91. The zero-order valence-corrected chi connectivity index (χ0v) is 38.6. The maximum Gasteiger partial charge on any atom is 0.0618 e. The molecule has 314 valence electrons. The van der Waals surface area contributed by atoms with Gasteiger partial charge in [0.05, 0.1) is 44.1 Å². The van der Waals surface area contributed by atoms with Crippen LogP contribution in [0.15, 0.2) is 133 Å². The van der Waals surface area contributed by atoms with Gasteiger partial charge in [-0.1, -0.05) is 130 Å². The summed E-state index contributed by atoms with van der Waals surface area (Å²) in [6.45, 7) is 23.3. The normalized spacial score (nSPS) is 13.4. The van der Waals surface area contributed by atoms with E-state index in [4.69, 9.17) is 0 Å². The average molecular weight is 831 g/mol. The van der Waals surface area contributed by atoms with Gasteiger partial charge in [-0.05, 0) is 95.8 Å². The van der Waals surface area contributed by atoms with Crippen LogP contribution in [-0.2, 0) is 10.8 Å². The fourth-order valence-corrected chi connectivity index (χ4v) is 11.7. The van der Waals surface area contributed by atoms with E-state index in [2.05, 4.69) is 221 Å². The molecule has 7 aromatic carbocycles. The third kappa shape index (κ3) is 4.84. The van der Waals surface area contributed by atoms with Crippen molar-refractivity contribution in [3.05, 3.63) is 156 Å². The fraction of sp³-hybridized carbons (Fsp3) is 0.233. The van der Waals surface area contributed by atoms with Gasteiger partial charge in [-0.15, -0.1) is 0 Å². The summed E-state index contributed by atoms with van der Waals surface area (Å²) < 4.78 is 10.3. The van der Waals surface area contributed by atoms with Crippen LogP contribution >= 0.6 is 0 Å². The number of benzene rings is 7. The van der Waals surface area contributed by atoms with Crippen LogP contribution in [0.5, 0.6) is 0 Å². The van der Waals surface area contributed by atoms with Crippen molar-refractivity contribution in [3.8, 4) is 11.4 Å². The van der Waals surface area contributed by atoms with E-state index in [1.54, 1.807) is 0 Å². The molecule has 0 aliphatic carbocycles. The lowest BCUT2D eigenvalue weighted by Crippen LogP contribution is -2.14. The van der Waals surface area contributed by atoms with Gasteiger partial charge in [0.25, 0.3) is 0 Å². The monoisotopic (exact) mass is 830 g/mol. The topological polar surface area (TPSA) is 18.7 Å². The molecule has 0 unspecified atom stereocenters. The molecule has 4 nitrogen and oxygen atoms in total. The van der Waals surface area contributed by atoms with Crippen molar-refractivity contribution in [2.75, 3.05) is 0 Å². The van der Waals surface area contributed by atoms with Crippen molar-refractivity contribution >= 4 is 98.0 Å². The molecule has 13 aromatic rings. The second-order valence-electron chi connectivity index (χ2n) is 21.5. The van der Waals surface area contributed by atoms with E-state index in [-0.39, 0.29) is 10.8 Å². The van der Waals surface area contributed by atoms with E-state index >= 15 is 0 Å². The molecule has 0 radical (unpaired) electrons. The Bertz CT molecular complexity index is 3790. The highest BCUT2D eigenvalue weighted by Crippen LogP contribution is 2.51. The molecule has 0 amide bonds. The fourth-order valence-electron chi connectivity index (χ4n) is 11.7. The molecule has 0 saturated carbocycles. The molecule has 0 N–H and O–H groups in total. The van der Waals surface area contributed by atoms with Crippen LogP contribution in [0, 0.1) is 0 Å². The van der Waals surface area contributed by atoms with E-state index in [0.717, 1.165) is 0 Å². The zero-order valence-electron chi connectivity index (χ0n) is 38.6. The quantitative estimate of drug-likeness (QED) is 0.168. The molecular formula is C60H54N4. The predicted octanol–water partition coefficient (Wildman–Crippen LogP) is 16.7. The molecule has 4 heteroatoms. The minimum absolute atomic E-state index is 0.0900. The van der Waals surface area contributed by atoms with Crippen LogP contribution in [0.25, 0.3) is 109 Å². The Morgan fingerprint density at radius 3 is 1.12 bits per heavy atom. The van der Waals surface area contributed by atoms with Crippen LogP contribution in [0.3, 0.4) is 0 Å². The lowest BCUT2D eigenvalue weighted by Gasteiger charge is -2.19. The zero-order chi connectivity index (χ0) is 43.9. The predicted molar refractivity (Wildman–Crippen MR) is 275 cm³/mol. The van der Waals surface area contributed by atoms with E-state index in [1.807, 2.05) is 0 Å². The second kappa shape index (κ2) is 12.5. The van der Waals surface area contributed by atoms with Gasteiger partial charge in [-0.25, -0.2) is 0 Å². The number of para-hydroxylation sites is 2. The van der Waals surface area contributed by atoms with Crippen molar-refractivity contribution in [2.24, 2.45) is 0 Å². The van der Waals surface area contributed by atoms with Crippen LogP contribution in [0.1, 0.15) is 104 Å². The minimum Gasteiger partial charge on any atom is -0.312 e. The van der Waals surface area contributed by atoms with Gasteiger partial charge in [0.15, 0.2) is 0 Å². The summed E-state index contributed by atoms with van der Waals surface area (Å²) in [6, 6.07) is 51.7. The van der Waals surface area contributed by atoms with E-state index in [1.165, 1.54) is 132 Å². The van der Waals surface area contributed by atoms with Crippen molar-refractivity contribution in [2.45, 2.75) is 91.9 Å². The largest absolute Gasteiger partial charge is 0.312 e. The second-order valence-corrected chi connectivity index (χ2v) is 21.5. The molecule has 0 aliphatic rings. The number of aromatic nitrogens is 4. The molecular weight excluding hydrogens is 777 g/mol. The number of hydrogen-bond donors (Lipinski definition) is 0. The first kappa shape index (κ1) is 37.7. The van der Waals surface area contributed by atoms with Gasteiger partial charge in [-0.2, -0.15) is 0 Å². The third-order valence-corrected chi connectivity index (χ3v) is 14.7. The van der Waals surface area contributed by atoms with E-state index in [9.17, 15) is 0 Å². The first-order chi connectivity index (χ1) is 30.7. The number of nitrogens with zero attached hydrogens (tertiary/aromatic N) is 4. The summed E-state index contributed by atoms with van der Waals surface area (Å²) >= 11 is 0. The lowest BCUT2D eigenvalue weighted by molar-refractivity contribution is 0.567. The van der Waals surface area contributed by atoms with Crippen LogP contribution in [-0.4, -0.2) is 17.9 Å². The number of hydrogen-bond acceptors (Lipinski definition) is 0.